The van der Waals surface area contributed by atoms with Crippen molar-refractivity contribution in [3.05, 3.63) is 82.5 Å². The van der Waals surface area contributed by atoms with Crippen molar-refractivity contribution < 1.29 is 4.79 Å². The van der Waals surface area contributed by atoms with Crippen molar-refractivity contribution in [2.24, 2.45) is 7.05 Å². The lowest BCUT2D eigenvalue weighted by Gasteiger charge is -2.16. The Morgan fingerprint density at radius 1 is 1.21 bits per heavy atom. The van der Waals surface area contributed by atoms with E-state index in [4.69, 9.17) is 0 Å². The largest absolute Gasteiger partial charge is 0.337 e. The highest BCUT2D eigenvalue weighted by Gasteiger charge is 2.14. The monoisotopic (exact) mass is 322 g/mol. The number of carbonyl (C=O) groups excluding carboxylic acids is 1. The van der Waals surface area contributed by atoms with E-state index in [1.54, 1.807) is 42.1 Å². The van der Waals surface area contributed by atoms with Gasteiger partial charge in [-0.1, -0.05) is 18.2 Å². The van der Waals surface area contributed by atoms with Crippen LogP contribution in [0.15, 0.2) is 65.8 Å². The number of amides is 1. The Bertz CT molecular complexity index is 912. The first-order valence-electron chi connectivity index (χ1n) is 7.56. The molecule has 0 N–H and O–H groups in total. The highest BCUT2D eigenvalue weighted by Crippen LogP contribution is 2.10. The molecule has 24 heavy (non-hydrogen) atoms. The number of hydrogen-bond donors (Lipinski definition) is 0. The van der Waals surface area contributed by atoms with Gasteiger partial charge in [0.05, 0.1) is 11.9 Å². The number of para-hydroxylation sites is 1. The molecular weight excluding hydrogens is 304 g/mol. The van der Waals surface area contributed by atoms with Gasteiger partial charge in [0.1, 0.15) is 0 Å². The van der Waals surface area contributed by atoms with Crippen molar-refractivity contribution in [3.8, 4) is 5.69 Å². The zero-order valence-corrected chi connectivity index (χ0v) is 13.6. The standard InChI is InChI=1S/C18H18N4O2/c1-20-9-8-15(10-17(20)23)18(24)21(2)12-14-11-19-22(13-14)16-6-4-3-5-7-16/h3-11,13H,12H2,1-2H3. The number of aryl methyl sites for hydroxylation is 1. The third-order valence-corrected chi connectivity index (χ3v) is 3.77. The molecule has 122 valence electrons. The molecule has 1 aromatic carbocycles. The fraction of sp³-hybridized carbons (Fsp3) is 0.167. The van der Waals surface area contributed by atoms with Crippen molar-refractivity contribution in [2.75, 3.05) is 7.05 Å². The summed E-state index contributed by atoms with van der Waals surface area (Å²) in [5.74, 6) is -0.194. The van der Waals surface area contributed by atoms with Crippen LogP contribution in [0, 0.1) is 0 Å². The van der Waals surface area contributed by atoms with Crippen LogP contribution in [-0.4, -0.2) is 32.2 Å². The van der Waals surface area contributed by atoms with Crippen molar-refractivity contribution in [1.29, 1.82) is 0 Å². The molecule has 2 heterocycles. The second-order valence-electron chi connectivity index (χ2n) is 5.65. The highest BCUT2D eigenvalue weighted by atomic mass is 16.2. The molecule has 6 nitrogen and oxygen atoms in total. The van der Waals surface area contributed by atoms with Crippen molar-refractivity contribution >= 4 is 5.91 Å². The molecule has 6 heteroatoms. The number of aromatic nitrogens is 3. The maximum Gasteiger partial charge on any atom is 0.254 e. The third-order valence-electron chi connectivity index (χ3n) is 3.77. The first kappa shape index (κ1) is 15.7. The van der Waals surface area contributed by atoms with Gasteiger partial charge >= 0.3 is 0 Å². The molecular formula is C18H18N4O2. The molecule has 0 saturated carbocycles. The Labute approximate surface area is 139 Å². The highest BCUT2D eigenvalue weighted by molar-refractivity contribution is 5.93. The molecule has 0 aliphatic rings. The summed E-state index contributed by atoms with van der Waals surface area (Å²) < 4.78 is 3.20. The van der Waals surface area contributed by atoms with E-state index < -0.39 is 0 Å². The molecule has 2 aromatic heterocycles. The van der Waals surface area contributed by atoms with E-state index in [0.717, 1.165) is 11.3 Å². The molecule has 0 atom stereocenters. The van der Waals surface area contributed by atoms with Gasteiger partial charge in [-0.15, -0.1) is 0 Å². The molecule has 0 spiro atoms. The first-order valence-corrected chi connectivity index (χ1v) is 7.56. The fourth-order valence-electron chi connectivity index (χ4n) is 2.41. The Kier molecular flexibility index (Phi) is 4.29. The van der Waals surface area contributed by atoms with Crippen LogP contribution in [0.25, 0.3) is 5.69 Å². The molecule has 0 radical (unpaired) electrons. The van der Waals surface area contributed by atoms with E-state index in [1.165, 1.54) is 10.6 Å². The zero-order chi connectivity index (χ0) is 17.1. The molecule has 0 unspecified atom stereocenters. The van der Waals surface area contributed by atoms with Crippen molar-refractivity contribution in [2.45, 2.75) is 6.54 Å². The second-order valence-corrected chi connectivity index (χ2v) is 5.65. The Balaban J connectivity index is 1.74. The topological polar surface area (TPSA) is 60.1 Å². The zero-order valence-electron chi connectivity index (χ0n) is 13.6. The number of pyridine rings is 1. The summed E-state index contributed by atoms with van der Waals surface area (Å²) in [6.07, 6.45) is 5.22. The number of rotatable bonds is 4. The molecule has 0 aliphatic carbocycles. The fourth-order valence-corrected chi connectivity index (χ4v) is 2.41. The summed E-state index contributed by atoms with van der Waals surface area (Å²) in [7, 11) is 3.36. The van der Waals surface area contributed by atoms with Crippen LogP contribution in [0.3, 0.4) is 0 Å². The SMILES string of the molecule is CN(Cc1cnn(-c2ccccc2)c1)C(=O)c1ccn(C)c(=O)c1. The number of nitrogens with zero attached hydrogens (tertiary/aromatic N) is 4. The summed E-state index contributed by atoms with van der Waals surface area (Å²) in [6, 6.07) is 12.8. The van der Waals surface area contributed by atoms with Crippen LogP contribution in [0.2, 0.25) is 0 Å². The quantitative estimate of drug-likeness (QED) is 0.736. The number of carbonyl (C=O) groups is 1. The summed E-state index contributed by atoms with van der Waals surface area (Å²) in [4.78, 5) is 25.7. The Hall–Kier alpha value is -3.15. The van der Waals surface area contributed by atoms with Crippen LogP contribution in [0.5, 0.6) is 0 Å². The Morgan fingerprint density at radius 2 is 1.96 bits per heavy atom. The second kappa shape index (κ2) is 6.54. The van der Waals surface area contributed by atoms with Crippen LogP contribution in [0.1, 0.15) is 15.9 Å². The van der Waals surface area contributed by atoms with Crippen LogP contribution in [0.4, 0.5) is 0 Å². The maximum atomic E-state index is 12.4. The van der Waals surface area contributed by atoms with Crippen LogP contribution < -0.4 is 5.56 Å². The average molecular weight is 322 g/mol. The van der Waals surface area contributed by atoms with Crippen molar-refractivity contribution in [1.82, 2.24) is 19.2 Å². The molecule has 0 aliphatic heterocycles. The summed E-state index contributed by atoms with van der Waals surface area (Å²) in [5.41, 5.74) is 2.06. The van der Waals surface area contributed by atoms with E-state index >= 15 is 0 Å². The lowest BCUT2D eigenvalue weighted by Crippen LogP contribution is -2.28. The number of hydrogen-bond acceptors (Lipinski definition) is 3. The molecule has 0 bridgehead atoms. The molecule has 0 saturated heterocycles. The van der Waals surface area contributed by atoms with Gasteiger partial charge in [-0.2, -0.15) is 5.10 Å². The predicted octanol–water partition coefficient (Wildman–Crippen LogP) is 1.84. The van der Waals surface area contributed by atoms with E-state index in [1.807, 2.05) is 36.5 Å². The molecule has 3 rings (SSSR count). The molecule has 1 amide bonds. The predicted molar refractivity (Wildman–Crippen MR) is 91.0 cm³/mol. The van der Waals surface area contributed by atoms with Gasteiger partial charge in [-0.3, -0.25) is 9.59 Å². The minimum absolute atomic E-state index is 0.194. The summed E-state index contributed by atoms with van der Waals surface area (Å²) >= 11 is 0. The number of benzene rings is 1. The van der Waals surface area contributed by atoms with Gasteiger partial charge in [0.25, 0.3) is 11.5 Å². The lowest BCUT2D eigenvalue weighted by molar-refractivity contribution is 0.0785. The van der Waals surface area contributed by atoms with Gasteiger partial charge in [0.2, 0.25) is 0 Å². The van der Waals surface area contributed by atoms with Crippen LogP contribution >= 0.6 is 0 Å². The van der Waals surface area contributed by atoms with Gasteiger partial charge in [0.15, 0.2) is 0 Å². The molecule has 3 aromatic rings. The van der Waals surface area contributed by atoms with Crippen molar-refractivity contribution in [3.63, 3.8) is 0 Å². The van der Waals surface area contributed by atoms with Gasteiger partial charge < -0.3 is 9.47 Å². The maximum absolute atomic E-state index is 12.4. The average Bonchev–Trinajstić information content (AvgIpc) is 3.06. The van der Waals surface area contributed by atoms with Gasteiger partial charge in [0, 0.05) is 50.2 Å². The summed E-state index contributed by atoms with van der Waals surface area (Å²) in [5, 5.41) is 4.32. The molecule has 0 fully saturated rings. The third kappa shape index (κ3) is 3.27. The first-order chi connectivity index (χ1) is 11.5. The van der Waals surface area contributed by atoms with Gasteiger partial charge in [-0.05, 0) is 18.2 Å². The van der Waals surface area contributed by atoms with E-state index in [-0.39, 0.29) is 11.5 Å². The Morgan fingerprint density at radius 3 is 2.67 bits per heavy atom. The van der Waals surface area contributed by atoms with E-state index in [0.29, 0.717) is 12.1 Å². The van der Waals surface area contributed by atoms with Crippen LogP contribution in [-0.2, 0) is 13.6 Å². The lowest BCUT2D eigenvalue weighted by atomic mass is 10.2. The van der Waals surface area contributed by atoms with Gasteiger partial charge in [-0.25, -0.2) is 4.68 Å². The normalized spacial score (nSPS) is 10.6. The van der Waals surface area contributed by atoms with E-state index in [2.05, 4.69) is 5.10 Å². The summed E-state index contributed by atoms with van der Waals surface area (Å²) in [6.45, 7) is 0.418. The van der Waals surface area contributed by atoms with E-state index in [9.17, 15) is 9.59 Å². The minimum atomic E-state index is -0.203. The minimum Gasteiger partial charge on any atom is -0.337 e. The smallest absolute Gasteiger partial charge is 0.254 e.